The maximum atomic E-state index is 14.2. The number of fused-ring (bicyclic) bond motifs is 1. The van der Waals surface area contributed by atoms with Crippen LogP contribution in [0, 0.1) is 5.82 Å². The largest absolute Gasteiger partial charge is 0.492 e. The van der Waals surface area contributed by atoms with Gasteiger partial charge in [-0.25, -0.2) is 14.0 Å². The zero-order valence-electron chi connectivity index (χ0n) is 29.7. The van der Waals surface area contributed by atoms with Gasteiger partial charge in [-0.3, -0.25) is 0 Å². The SMILES string of the molecule is CC[Si](CC)(CC)O[C@@H](CN(CCOc1ccc2c(C(F)(F)F)nn(C(=O)OC(C)(C)C)c2c1)C(=O)OC(C)(C)C)c1ccc(F)c(N)c1. The van der Waals surface area contributed by atoms with E-state index < -0.39 is 55.5 Å². The van der Waals surface area contributed by atoms with Crippen molar-refractivity contribution in [2.24, 2.45) is 0 Å². The molecule has 3 aromatic rings. The number of nitrogen functional groups attached to an aromatic ring is 1. The molecule has 2 N–H and O–H groups in total. The summed E-state index contributed by atoms with van der Waals surface area (Å²) in [6, 6.07) is 10.6. The quantitative estimate of drug-likeness (QED) is 0.112. The zero-order chi connectivity index (χ0) is 36.9. The maximum absolute atomic E-state index is 14.2. The molecular formula is C34H48F4N4O6Si. The summed E-state index contributed by atoms with van der Waals surface area (Å²) in [6.07, 6.45) is -7.23. The van der Waals surface area contributed by atoms with Crippen molar-refractivity contribution in [3.05, 3.63) is 53.5 Å². The van der Waals surface area contributed by atoms with Crippen molar-refractivity contribution in [2.45, 2.75) is 104 Å². The summed E-state index contributed by atoms with van der Waals surface area (Å²) < 4.78 is 79.9. The molecule has 2 aromatic carbocycles. The number of carbonyl (C=O) groups excluding carboxylic acids is 2. The Morgan fingerprint density at radius 1 is 0.939 bits per heavy atom. The molecule has 49 heavy (non-hydrogen) atoms. The van der Waals surface area contributed by atoms with Gasteiger partial charge in [0, 0.05) is 11.5 Å². The fourth-order valence-electron chi connectivity index (χ4n) is 5.17. The Kier molecular flexibility index (Phi) is 12.4. The Morgan fingerprint density at radius 3 is 2.08 bits per heavy atom. The molecule has 15 heteroatoms. The van der Waals surface area contributed by atoms with Crippen LogP contribution in [0.4, 0.5) is 32.8 Å². The molecule has 0 bridgehead atoms. The number of rotatable bonds is 12. The van der Waals surface area contributed by atoms with Crippen molar-refractivity contribution in [3.8, 4) is 5.75 Å². The summed E-state index contributed by atoms with van der Waals surface area (Å²) in [5.74, 6) is -0.444. The molecule has 10 nitrogen and oxygen atoms in total. The molecule has 0 aliphatic heterocycles. The van der Waals surface area contributed by atoms with Crippen LogP contribution in [0.2, 0.25) is 18.1 Å². The lowest BCUT2D eigenvalue weighted by Gasteiger charge is -2.36. The Morgan fingerprint density at radius 2 is 1.55 bits per heavy atom. The van der Waals surface area contributed by atoms with Gasteiger partial charge in [0.1, 0.15) is 29.4 Å². The first-order valence-electron chi connectivity index (χ1n) is 16.3. The number of halogens is 4. The highest BCUT2D eigenvalue weighted by molar-refractivity contribution is 6.73. The van der Waals surface area contributed by atoms with E-state index in [1.165, 1.54) is 35.2 Å². The summed E-state index contributed by atoms with van der Waals surface area (Å²) >= 11 is 0. The third-order valence-corrected chi connectivity index (χ3v) is 12.5. The predicted molar refractivity (Wildman–Crippen MR) is 182 cm³/mol. The Bertz CT molecular complexity index is 1600. The van der Waals surface area contributed by atoms with Gasteiger partial charge >= 0.3 is 18.4 Å². The van der Waals surface area contributed by atoms with E-state index in [2.05, 4.69) is 25.9 Å². The van der Waals surface area contributed by atoms with E-state index in [4.69, 9.17) is 24.4 Å². The molecular weight excluding hydrogens is 664 g/mol. The number of nitrogens with two attached hydrogens (primary N) is 1. The van der Waals surface area contributed by atoms with Gasteiger partial charge in [-0.1, -0.05) is 26.8 Å². The van der Waals surface area contributed by atoms with Gasteiger partial charge in [-0.2, -0.15) is 23.0 Å². The number of hydrogen-bond donors (Lipinski definition) is 1. The minimum atomic E-state index is -4.83. The predicted octanol–water partition coefficient (Wildman–Crippen LogP) is 8.94. The van der Waals surface area contributed by atoms with Gasteiger partial charge < -0.3 is 29.3 Å². The summed E-state index contributed by atoms with van der Waals surface area (Å²) in [5, 5.41) is 3.21. The van der Waals surface area contributed by atoms with Crippen LogP contribution < -0.4 is 10.5 Å². The number of alkyl halides is 3. The van der Waals surface area contributed by atoms with Gasteiger partial charge in [-0.15, -0.1) is 0 Å². The van der Waals surface area contributed by atoms with Crippen LogP contribution in [0.15, 0.2) is 36.4 Å². The first kappa shape index (κ1) is 39.6. The monoisotopic (exact) mass is 712 g/mol. The smallest absolute Gasteiger partial charge is 0.435 e. The van der Waals surface area contributed by atoms with Crippen molar-refractivity contribution < 1.29 is 45.8 Å². The normalized spacial score (nSPS) is 13.3. The summed E-state index contributed by atoms with van der Waals surface area (Å²) in [5.41, 5.74) is 3.25. The van der Waals surface area contributed by atoms with E-state index >= 15 is 0 Å². The summed E-state index contributed by atoms with van der Waals surface area (Å²) in [4.78, 5) is 27.8. The molecule has 0 aliphatic rings. The van der Waals surface area contributed by atoms with Crippen LogP contribution in [-0.2, 0) is 20.1 Å². The first-order valence-corrected chi connectivity index (χ1v) is 18.8. The molecule has 0 fully saturated rings. The maximum Gasteiger partial charge on any atom is 0.435 e. The highest BCUT2D eigenvalue weighted by Gasteiger charge is 2.39. The molecule has 0 saturated carbocycles. The van der Waals surface area contributed by atoms with E-state index in [-0.39, 0.29) is 42.0 Å². The van der Waals surface area contributed by atoms with Crippen LogP contribution in [0.3, 0.4) is 0 Å². The fraction of sp³-hybridized carbons (Fsp3) is 0.559. The average Bonchev–Trinajstić information content (AvgIpc) is 3.38. The van der Waals surface area contributed by atoms with Crippen molar-refractivity contribution >= 4 is 37.1 Å². The highest BCUT2D eigenvalue weighted by Crippen LogP contribution is 2.36. The molecule has 0 aliphatic carbocycles. The Balaban J connectivity index is 1.95. The standard InChI is InChI=1S/C34H48F4N4O6Si/c1-10-49(11-2,12-3)48-28(22-13-16-25(35)26(39)19-22)21-41(30(43)46-32(4,5)6)17-18-45-23-14-15-24-27(20-23)42(31(44)47-33(7,8)9)40-29(24)34(36,37)38/h13-16,19-20,28H,10-12,17-18,21,39H2,1-9H3/t28-/m0/s1. The zero-order valence-corrected chi connectivity index (χ0v) is 30.7. The van der Waals surface area contributed by atoms with Gasteiger partial charge in [0.2, 0.25) is 0 Å². The number of aromatic nitrogens is 2. The third kappa shape index (κ3) is 10.6. The molecule has 0 radical (unpaired) electrons. The number of nitrogens with zero attached hydrogens (tertiary/aromatic N) is 3. The fourth-order valence-corrected chi connectivity index (χ4v) is 7.98. The second kappa shape index (κ2) is 15.4. The third-order valence-electron chi connectivity index (χ3n) is 7.87. The second-order valence-electron chi connectivity index (χ2n) is 13.8. The van der Waals surface area contributed by atoms with Crippen LogP contribution >= 0.6 is 0 Å². The lowest BCUT2D eigenvalue weighted by atomic mass is 10.1. The molecule has 272 valence electrons. The van der Waals surface area contributed by atoms with Gasteiger partial charge in [0.05, 0.1) is 30.4 Å². The summed E-state index contributed by atoms with van der Waals surface area (Å²) in [7, 11) is -2.26. The number of hydrogen-bond acceptors (Lipinski definition) is 8. The van der Waals surface area contributed by atoms with Gasteiger partial charge in [-0.05, 0) is 89.5 Å². The van der Waals surface area contributed by atoms with Crippen LogP contribution in [-0.4, -0.2) is 66.1 Å². The molecule has 1 heterocycles. The number of ether oxygens (including phenoxy) is 3. The topological polar surface area (TPSA) is 118 Å². The molecule has 0 saturated heterocycles. The van der Waals surface area contributed by atoms with Crippen molar-refractivity contribution in [1.29, 1.82) is 0 Å². The molecule has 0 unspecified atom stereocenters. The number of benzene rings is 2. The van der Waals surface area contributed by atoms with Crippen molar-refractivity contribution in [3.63, 3.8) is 0 Å². The number of anilines is 1. The lowest BCUT2D eigenvalue weighted by Crippen LogP contribution is -2.45. The van der Waals surface area contributed by atoms with E-state index in [1.807, 2.05) is 0 Å². The van der Waals surface area contributed by atoms with Gasteiger partial charge in [0.25, 0.3) is 0 Å². The highest BCUT2D eigenvalue weighted by atomic mass is 28.4. The molecule has 1 amide bonds. The van der Waals surface area contributed by atoms with Crippen molar-refractivity contribution in [2.75, 3.05) is 25.4 Å². The lowest BCUT2D eigenvalue weighted by molar-refractivity contribution is -0.140. The minimum absolute atomic E-state index is 0.0124. The molecule has 1 aromatic heterocycles. The Labute approximate surface area is 285 Å². The molecule has 3 rings (SSSR count). The molecule has 0 spiro atoms. The van der Waals surface area contributed by atoms with Crippen LogP contribution in [0.5, 0.6) is 5.75 Å². The van der Waals surface area contributed by atoms with E-state index in [1.54, 1.807) is 47.6 Å². The minimum Gasteiger partial charge on any atom is -0.492 e. The first-order chi connectivity index (χ1) is 22.6. The summed E-state index contributed by atoms with van der Waals surface area (Å²) in [6.45, 7) is 16.1. The second-order valence-corrected chi connectivity index (χ2v) is 18.5. The van der Waals surface area contributed by atoms with E-state index in [0.717, 1.165) is 18.1 Å². The average molecular weight is 713 g/mol. The number of amides is 1. The number of carbonyl (C=O) groups is 2. The Hall–Kier alpha value is -3.85. The van der Waals surface area contributed by atoms with Gasteiger partial charge in [0.15, 0.2) is 14.0 Å². The van der Waals surface area contributed by atoms with Crippen LogP contribution in [0.1, 0.15) is 79.7 Å². The van der Waals surface area contributed by atoms with Crippen LogP contribution in [0.25, 0.3) is 10.9 Å². The van der Waals surface area contributed by atoms with E-state index in [0.29, 0.717) is 10.2 Å². The van der Waals surface area contributed by atoms with E-state index in [9.17, 15) is 27.2 Å². The molecule has 1 atom stereocenters. The van der Waals surface area contributed by atoms with Crippen molar-refractivity contribution in [1.82, 2.24) is 14.7 Å².